The maximum absolute atomic E-state index is 12.5. The standard InChI is InChI=1S/C21H28N6O2/c28-21(24-7-8-25-13-15-29-16-14-25)19-17-18(4-6-22-19)26-9-11-27(12-10-26)20-3-1-2-5-23-20/h1-6,17H,7-16H2,(H,24,28). The van der Waals surface area contributed by atoms with E-state index < -0.39 is 0 Å². The molecular weight excluding hydrogens is 368 g/mol. The van der Waals surface area contributed by atoms with Crippen molar-refractivity contribution in [2.75, 3.05) is 75.4 Å². The third-order valence-corrected chi connectivity index (χ3v) is 5.41. The van der Waals surface area contributed by atoms with Crippen LogP contribution in [0, 0.1) is 0 Å². The summed E-state index contributed by atoms with van der Waals surface area (Å²) in [5.74, 6) is 0.898. The Morgan fingerprint density at radius 3 is 2.52 bits per heavy atom. The summed E-state index contributed by atoms with van der Waals surface area (Å²) in [6.45, 7) is 8.43. The van der Waals surface area contributed by atoms with Crippen molar-refractivity contribution < 1.29 is 9.53 Å². The van der Waals surface area contributed by atoms with Gasteiger partial charge in [0, 0.05) is 70.4 Å². The summed E-state index contributed by atoms with van der Waals surface area (Å²) in [6, 6.07) is 9.86. The lowest BCUT2D eigenvalue weighted by Crippen LogP contribution is -2.47. The summed E-state index contributed by atoms with van der Waals surface area (Å²) in [6.07, 6.45) is 3.55. The molecule has 0 unspecified atom stereocenters. The van der Waals surface area contributed by atoms with Crippen LogP contribution < -0.4 is 15.1 Å². The molecule has 0 aliphatic carbocycles. The topological polar surface area (TPSA) is 73.8 Å². The normalized spacial score (nSPS) is 17.9. The summed E-state index contributed by atoms with van der Waals surface area (Å²) < 4.78 is 5.35. The molecule has 8 heteroatoms. The molecule has 1 amide bonds. The van der Waals surface area contributed by atoms with E-state index in [0.717, 1.165) is 70.5 Å². The minimum atomic E-state index is -0.118. The van der Waals surface area contributed by atoms with Crippen LogP contribution in [-0.4, -0.2) is 86.3 Å². The number of rotatable bonds is 6. The predicted molar refractivity (Wildman–Crippen MR) is 112 cm³/mol. The number of nitrogens with zero attached hydrogens (tertiary/aromatic N) is 5. The van der Waals surface area contributed by atoms with E-state index in [1.54, 1.807) is 6.20 Å². The lowest BCUT2D eigenvalue weighted by atomic mass is 10.2. The van der Waals surface area contributed by atoms with Crippen LogP contribution in [0.5, 0.6) is 0 Å². The Bertz CT molecular complexity index is 789. The molecule has 4 heterocycles. The molecule has 29 heavy (non-hydrogen) atoms. The van der Waals surface area contributed by atoms with Crippen LogP contribution in [0.4, 0.5) is 11.5 Å². The molecule has 0 aromatic carbocycles. The number of morpholine rings is 1. The van der Waals surface area contributed by atoms with E-state index in [2.05, 4.69) is 30.0 Å². The number of piperazine rings is 1. The molecule has 0 radical (unpaired) electrons. The second-order valence-electron chi connectivity index (χ2n) is 7.27. The summed E-state index contributed by atoms with van der Waals surface area (Å²) in [7, 11) is 0. The number of nitrogens with one attached hydrogen (secondary N) is 1. The van der Waals surface area contributed by atoms with E-state index in [1.807, 2.05) is 36.5 Å². The van der Waals surface area contributed by atoms with E-state index in [1.165, 1.54) is 0 Å². The Balaban J connectivity index is 1.28. The second-order valence-corrected chi connectivity index (χ2v) is 7.27. The van der Waals surface area contributed by atoms with Crippen LogP contribution in [0.2, 0.25) is 0 Å². The zero-order valence-corrected chi connectivity index (χ0v) is 16.7. The van der Waals surface area contributed by atoms with E-state index in [9.17, 15) is 4.79 Å². The molecule has 0 bridgehead atoms. The predicted octanol–water partition coefficient (Wildman–Crippen LogP) is 0.865. The zero-order valence-electron chi connectivity index (χ0n) is 16.7. The number of anilines is 2. The SMILES string of the molecule is O=C(NCCN1CCOCC1)c1cc(N2CCN(c3ccccn3)CC2)ccn1. The molecule has 4 rings (SSSR count). The molecule has 2 saturated heterocycles. The van der Waals surface area contributed by atoms with Crippen LogP contribution in [0.15, 0.2) is 42.7 Å². The van der Waals surface area contributed by atoms with Crippen LogP contribution in [-0.2, 0) is 4.74 Å². The molecule has 0 saturated carbocycles. The van der Waals surface area contributed by atoms with Gasteiger partial charge in [-0.25, -0.2) is 4.98 Å². The number of carbonyl (C=O) groups excluding carboxylic acids is 1. The molecule has 2 aromatic heterocycles. The molecule has 154 valence electrons. The highest BCUT2D eigenvalue weighted by molar-refractivity contribution is 5.93. The number of aromatic nitrogens is 2. The van der Waals surface area contributed by atoms with Crippen molar-refractivity contribution in [1.82, 2.24) is 20.2 Å². The summed E-state index contributed by atoms with van der Waals surface area (Å²) in [5, 5.41) is 2.99. The van der Waals surface area contributed by atoms with Gasteiger partial charge in [-0.3, -0.25) is 14.7 Å². The van der Waals surface area contributed by atoms with Gasteiger partial charge in [0.25, 0.3) is 5.91 Å². The third-order valence-electron chi connectivity index (χ3n) is 5.41. The number of hydrogen-bond donors (Lipinski definition) is 1. The van der Waals surface area contributed by atoms with Gasteiger partial charge in [-0.1, -0.05) is 6.07 Å². The van der Waals surface area contributed by atoms with Gasteiger partial charge in [-0.05, 0) is 24.3 Å². The smallest absolute Gasteiger partial charge is 0.269 e. The number of ether oxygens (including phenoxy) is 1. The monoisotopic (exact) mass is 396 g/mol. The van der Waals surface area contributed by atoms with Gasteiger partial charge in [0.15, 0.2) is 0 Å². The molecule has 2 fully saturated rings. The molecule has 1 N–H and O–H groups in total. The molecular formula is C21H28N6O2. The molecule has 2 aromatic rings. The highest BCUT2D eigenvalue weighted by Gasteiger charge is 2.19. The van der Waals surface area contributed by atoms with Crippen LogP contribution in [0.3, 0.4) is 0 Å². The first-order valence-electron chi connectivity index (χ1n) is 10.2. The fraction of sp³-hybridized carbons (Fsp3) is 0.476. The van der Waals surface area contributed by atoms with Crippen molar-refractivity contribution in [3.05, 3.63) is 48.4 Å². The van der Waals surface area contributed by atoms with E-state index in [0.29, 0.717) is 12.2 Å². The van der Waals surface area contributed by atoms with Crippen LogP contribution in [0.25, 0.3) is 0 Å². The first kappa shape index (κ1) is 19.6. The maximum atomic E-state index is 12.5. The average Bonchev–Trinajstić information content (AvgIpc) is 2.80. The van der Waals surface area contributed by atoms with Gasteiger partial charge in [0.2, 0.25) is 0 Å². The van der Waals surface area contributed by atoms with Crippen molar-refractivity contribution in [3.63, 3.8) is 0 Å². The minimum Gasteiger partial charge on any atom is -0.379 e. The second kappa shape index (κ2) is 9.67. The van der Waals surface area contributed by atoms with Gasteiger partial charge in [-0.2, -0.15) is 0 Å². The third kappa shape index (κ3) is 5.21. The molecule has 8 nitrogen and oxygen atoms in total. The molecule has 0 atom stereocenters. The fourth-order valence-electron chi connectivity index (χ4n) is 3.72. The highest BCUT2D eigenvalue weighted by atomic mass is 16.5. The summed E-state index contributed by atoms with van der Waals surface area (Å²) in [4.78, 5) is 28.1. The number of carbonyl (C=O) groups is 1. The van der Waals surface area contributed by atoms with Crippen molar-refractivity contribution in [2.24, 2.45) is 0 Å². The lowest BCUT2D eigenvalue weighted by molar-refractivity contribution is 0.0383. The Morgan fingerprint density at radius 2 is 1.76 bits per heavy atom. The fourth-order valence-corrected chi connectivity index (χ4v) is 3.72. The first-order chi connectivity index (χ1) is 14.3. The Labute approximate surface area is 171 Å². The van der Waals surface area contributed by atoms with Crippen molar-refractivity contribution >= 4 is 17.4 Å². The number of hydrogen-bond acceptors (Lipinski definition) is 7. The summed E-state index contributed by atoms with van der Waals surface area (Å²) >= 11 is 0. The molecule has 2 aliphatic rings. The summed E-state index contributed by atoms with van der Waals surface area (Å²) in [5.41, 5.74) is 1.51. The van der Waals surface area contributed by atoms with Crippen molar-refractivity contribution in [2.45, 2.75) is 0 Å². The van der Waals surface area contributed by atoms with E-state index in [-0.39, 0.29) is 5.91 Å². The first-order valence-corrected chi connectivity index (χ1v) is 10.2. The maximum Gasteiger partial charge on any atom is 0.269 e. The number of pyridine rings is 2. The van der Waals surface area contributed by atoms with Crippen LogP contribution in [0.1, 0.15) is 10.5 Å². The van der Waals surface area contributed by atoms with Gasteiger partial charge in [0.05, 0.1) is 13.2 Å². The van der Waals surface area contributed by atoms with Crippen molar-refractivity contribution in [3.8, 4) is 0 Å². The van der Waals surface area contributed by atoms with E-state index in [4.69, 9.17) is 4.74 Å². The quantitative estimate of drug-likeness (QED) is 0.777. The Kier molecular flexibility index (Phi) is 6.53. The lowest BCUT2D eigenvalue weighted by Gasteiger charge is -2.36. The molecule has 0 spiro atoms. The van der Waals surface area contributed by atoms with Gasteiger partial charge in [-0.15, -0.1) is 0 Å². The molecule has 2 aliphatic heterocycles. The van der Waals surface area contributed by atoms with Crippen molar-refractivity contribution in [1.29, 1.82) is 0 Å². The van der Waals surface area contributed by atoms with E-state index >= 15 is 0 Å². The largest absolute Gasteiger partial charge is 0.379 e. The Morgan fingerprint density at radius 1 is 0.966 bits per heavy atom. The van der Waals surface area contributed by atoms with Gasteiger partial charge in [0.1, 0.15) is 11.5 Å². The Hall–Kier alpha value is -2.71. The van der Waals surface area contributed by atoms with Gasteiger partial charge >= 0.3 is 0 Å². The highest BCUT2D eigenvalue weighted by Crippen LogP contribution is 2.19. The zero-order chi connectivity index (χ0) is 19.9. The number of amides is 1. The average molecular weight is 396 g/mol. The van der Waals surface area contributed by atoms with Gasteiger partial charge < -0.3 is 19.9 Å². The minimum absolute atomic E-state index is 0.118. The van der Waals surface area contributed by atoms with Crippen LogP contribution >= 0.6 is 0 Å².